The lowest BCUT2D eigenvalue weighted by molar-refractivity contribution is -0.111. The van der Waals surface area contributed by atoms with Crippen LogP contribution in [0.2, 0.25) is 0 Å². The highest BCUT2D eigenvalue weighted by Gasteiger charge is 2.14. The molecule has 0 aliphatic rings. The molecular weight excluding hydrogens is 332 g/mol. The quantitative estimate of drug-likeness (QED) is 0.383. The number of nitrogens with one attached hydrogen (secondary N) is 1. The second kappa shape index (κ2) is 6.85. The molecule has 0 aliphatic carbocycles. The predicted octanol–water partition coefficient (Wildman–Crippen LogP) is 3.80. The Morgan fingerprint density at radius 3 is 2.57 bits per heavy atom. The third kappa shape index (κ3) is 3.58. The van der Waals surface area contributed by atoms with Crippen LogP contribution in [0.3, 0.4) is 0 Å². The molecule has 0 aromatic heterocycles. The van der Waals surface area contributed by atoms with Gasteiger partial charge in [0.05, 0.1) is 5.69 Å². The number of carbonyl (C=O) groups excluding carboxylic acids is 1. The maximum Gasteiger partial charge on any atom is 0.247 e. The highest BCUT2D eigenvalue weighted by Crippen LogP contribution is 2.24. The molecule has 2 aromatic carbocycles. The molecule has 0 unspecified atom stereocenters. The lowest BCUT2D eigenvalue weighted by Crippen LogP contribution is -2.13. The Morgan fingerprint density at radius 2 is 1.95 bits per heavy atom. The minimum Gasteiger partial charge on any atom is -0.410 e. The first kappa shape index (κ1) is 15.0. The Balaban J connectivity index is 2.53. The van der Waals surface area contributed by atoms with Gasteiger partial charge in [0, 0.05) is 15.6 Å². The molecule has 2 aromatic rings. The largest absolute Gasteiger partial charge is 0.410 e. The summed E-state index contributed by atoms with van der Waals surface area (Å²) < 4.78 is 0.811. The van der Waals surface area contributed by atoms with Crippen molar-refractivity contribution in [2.24, 2.45) is 5.16 Å². The summed E-state index contributed by atoms with van der Waals surface area (Å²) in [7, 11) is 0. The number of anilines is 1. The van der Waals surface area contributed by atoms with E-state index in [-0.39, 0.29) is 5.91 Å². The van der Waals surface area contributed by atoms with E-state index in [1.807, 2.05) is 30.3 Å². The highest BCUT2D eigenvalue weighted by molar-refractivity contribution is 9.10. The van der Waals surface area contributed by atoms with Crippen LogP contribution < -0.4 is 5.32 Å². The smallest absolute Gasteiger partial charge is 0.247 e. The van der Waals surface area contributed by atoms with E-state index >= 15 is 0 Å². The van der Waals surface area contributed by atoms with Gasteiger partial charge in [0.15, 0.2) is 0 Å². The average molecular weight is 345 g/mol. The van der Waals surface area contributed by atoms with E-state index in [0.717, 1.165) is 10.0 Å². The molecule has 5 heteroatoms. The summed E-state index contributed by atoms with van der Waals surface area (Å²) in [6.07, 6.45) is 1.18. The van der Waals surface area contributed by atoms with Crippen molar-refractivity contribution in [3.63, 3.8) is 0 Å². The summed E-state index contributed by atoms with van der Waals surface area (Å²) in [6.45, 7) is 3.43. The lowest BCUT2D eigenvalue weighted by Gasteiger charge is -2.12. The summed E-state index contributed by atoms with van der Waals surface area (Å²) in [5.74, 6) is -0.330. The molecule has 0 spiro atoms. The number of nitrogens with zero attached hydrogens (tertiary/aromatic N) is 1. The van der Waals surface area contributed by atoms with Crippen LogP contribution >= 0.6 is 15.9 Å². The van der Waals surface area contributed by atoms with Gasteiger partial charge in [0.1, 0.15) is 5.71 Å². The molecular formula is C16H13BrN2O2. The monoisotopic (exact) mass is 344 g/mol. The summed E-state index contributed by atoms with van der Waals surface area (Å²) in [5, 5.41) is 15.5. The molecule has 0 bridgehead atoms. The molecule has 4 nitrogen and oxygen atoms in total. The summed E-state index contributed by atoms with van der Waals surface area (Å²) >= 11 is 3.38. The fraction of sp³-hybridized carbons (Fsp3) is 0. The van der Waals surface area contributed by atoms with Crippen LogP contribution in [0, 0.1) is 0 Å². The molecule has 1 amide bonds. The lowest BCUT2D eigenvalue weighted by atomic mass is 10.0. The first-order valence-corrected chi connectivity index (χ1v) is 6.96. The van der Waals surface area contributed by atoms with Crippen molar-refractivity contribution in [3.05, 3.63) is 76.8 Å². The normalized spacial score (nSPS) is 11.0. The fourth-order valence-corrected chi connectivity index (χ4v) is 2.23. The first-order valence-electron chi connectivity index (χ1n) is 6.16. The maximum atomic E-state index is 11.5. The molecule has 2 rings (SSSR count). The molecule has 0 radical (unpaired) electrons. The van der Waals surface area contributed by atoms with Crippen LogP contribution in [0.4, 0.5) is 5.69 Å². The van der Waals surface area contributed by atoms with Crippen LogP contribution in [0.25, 0.3) is 0 Å². The second-order valence-electron chi connectivity index (χ2n) is 4.20. The minimum atomic E-state index is -0.330. The number of amides is 1. The number of oxime groups is 1. The predicted molar refractivity (Wildman–Crippen MR) is 86.8 cm³/mol. The van der Waals surface area contributed by atoms with Gasteiger partial charge >= 0.3 is 0 Å². The van der Waals surface area contributed by atoms with Crippen LogP contribution in [-0.4, -0.2) is 16.8 Å². The van der Waals surface area contributed by atoms with Gasteiger partial charge in [-0.3, -0.25) is 4.79 Å². The van der Waals surface area contributed by atoms with Gasteiger partial charge in [0.2, 0.25) is 5.91 Å². The summed E-state index contributed by atoms with van der Waals surface area (Å²) in [4.78, 5) is 11.5. The Labute approximate surface area is 130 Å². The average Bonchev–Trinajstić information content (AvgIpc) is 2.51. The molecule has 0 heterocycles. The molecule has 0 saturated heterocycles. The van der Waals surface area contributed by atoms with Crippen molar-refractivity contribution in [2.45, 2.75) is 0 Å². The van der Waals surface area contributed by atoms with Gasteiger partial charge in [-0.05, 0) is 24.3 Å². The molecule has 0 fully saturated rings. The SMILES string of the molecule is C=CC(=O)Nc1ccc(Br)cc1/C(=N\O)c1ccccc1. The number of hydrogen-bond acceptors (Lipinski definition) is 3. The molecule has 21 heavy (non-hydrogen) atoms. The summed E-state index contributed by atoms with van der Waals surface area (Å²) in [5.41, 5.74) is 2.26. The van der Waals surface area contributed by atoms with Crippen molar-refractivity contribution in [1.29, 1.82) is 0 Å². The molecule has 0 saturated carbocycles. The molecule has 106 valence electrons. The van der Waals surface area contributed by atoms with Crippen molar-refractivity contribution in [2.75, 3.05) is 5.32 Å². The zero-order valence-corrected chi connectivity index (χ0v) is 12.7. The minimum absolute atomic E-state index is 0.330. The van der Waals surface area contributed by atoms with E-state index < -0.39 is 0 Å². The number of rotatable bonds is 4. The molecule has 2 N–H and O–H groups in total. The topological polar surface area (TPSA) is 61.7 Å². The van der Waals surface area contributed by atoms with E-state index in [0.29, 0.717) is 17.0 Å². The fourth-order valence-electron chi connectivity index (χ4n) is 1.87. The number of hydrogen-bond donors (Lipinski definition) is 2. The molecule has 0 aliphatic heterocycles. The van der Waals surface area contributed by atoms with Gasteiger partial charge in [-0.15, -0.1) is 0 Å². The van der Waals surface area contributed by atoms with Gasteiger partial charge in [0.25, 0.3) is 0 Å². The van der Waals surface area contributed by atoms with Crippen molar-refractivity contribution in [3.8, 4) is 0 Å². The van der Waals surface area contributed by atoms with E-state index in [1.54, 1.807) is 18.2 Å². The van der Waals surface area contributed by atoms with Gasteiger partial charge in [-0.1, -0.05) is 58.0 Å². The summed E-state index contributed by atoms with van der Waals surface area (Å²) in [6, 6.07) is 14.5. The van der Waals surface area contributed by atoms with Crippen molar-refractivity contribution < 1.29 is 10.0 Å². The van der Waals surface area contributed by atoms with E-state index in [4.69, 9.17) is 0 Å². The Hall–Kier alpha value is -2.40. The van der Waals surface area contributed by atoms with Crippen LogP contribution in [0.1, 0.15) is 11.1 Å². The Morgan fingerprint density at radius 1 is 1.24 bits per heavy atom. The van der Waals surface area contributed by atoms with Crippen LogP contribution in [-0.2, 0) is 4.79 Å². The van der Waals surface area contributed by atoms with Gasteiger partial charge in [-0.25, -0.2) is 0 Å². The number of benzene rings is 2. The Bertz CT molecular complexity index is 697. The van der Waals surface area contributed by atoms with E-state index in [9.17, 15) is 10.0 Å². The third-order valence-electron chi connectivity index (χ3n) is 2.83. The maximum absolute atomic E-state index is 11.5. The number of halogens is 1. The van der Waals surface area contributed by atoms with Gasteiger partial charge < -0.3 is 10.5 Å². The van der Waals surface area contributed by atoms with Crippen molar-refractivity contribution in [1.82, 2.24) is 0 Å². The standard InChI is InChI=1S/C16H13BrN2O2/c1-2-15(20)18-14-9-8-12(17)10-13(14)16(19-21)11-6-4-3-5-7-11/h2-10,21H,1H2,(H,18,20)/b19-16-. The number of carbonyl (C=O) groups is 1. The second-order valence-corrected chi connectivity index (χ2v) is 5.11. The van der Waals surface area contributed by atoms with E-state index in [2.05, 4.69) is 33.0 Å². The first-order chi connectivity index (χ1) is 10.2. The third-order valence-corrected chi connectivity index (χ3v) is 3.32. The van der Waals surface area contributed by atoms with E-state index in [1.165, 1.54) is 6.08 Å². The zero-order valence-electron chi connectivity index (χ0n) is 11.1. The van der Waals surface area contributed by atoms with Gasteiger partial charge in [-0.2, -0.15) is 0 Å². The zero-order chi connectivity index (χ0) is 15.2. The Kier molecular flexibility index (Phi) is 4.90. The highest BCUT2D eigenvalue weighted by atomic mass is 79.9. The molecule has 0 atom stereocenters. The van der Waals surface area contributed by atoms with Crippen LogP contribution in [0.5, 0.6) is 0 Å². The van der Waals surface area contributed by atoms with Crippen molar-refractivity contribution >= 4 is 33.2 Å². The van der Waals surface area contributed by atoms with Crippen LogP contribution in [0.15, 0.2) is 70.8 Å².